The number of aromatic amines is 1. The Balaban J connectivity index is 0.00000210. The number of H-pyrrole nitrogens is 1. The number of piperidine rings is 1. The van der Waals surface area contributed by atoms with Gasteiger partial charge in [-0.05, 0) is 51.6 Å². The van der Waals surface area contributed by atoms with Crippen molar-refractivity contribution in [1.82, 2.24) is 24.8 Å². The number of benzene rings is 1. The average Bonchev–Trinajstić information content (AvgIpc) is 3.05. The zero-order valence-electron chi connectivity index (χ0n) is 15.5. The largest absolute Gasteiger partial charge is 0.382 e. The number of anilines is 2. The van der Waals surface area contributed by atoms with Crippen LogP contribution in [0.4, 0.5) is 11.6 Å². The Bertz CT molecular complexity index is 937. The van der Waals surface area contributed by atoms with E-state index in [1.807, 2.05) is 12.1 Å². The third-order valence-corrected chi connectivity index (χ3v) is 5.10. The summed E-state index contributed by atoms with van der Waals surface area (Å²) in [5, 5.41) is 0. The second-order valence-electron chi connectivity index (χ2n) is 7.27. The van der Waals surface area contributed by atoms with Crippen molar-refractivity contribution in [2.24, 2.45) is 0 Å². The predicted molar refractivity (Wildman–Crippen MR) is 107 cm³/mol. The molecule has 0 amide bonds. The second kappa shape index (κ2) is 6.57. The van der Waals surface area contributed by atoms with Gasteiger partial charge < -0.3 is 20.5 Å². The molecular weight excluding hydrogens is 326 g/mol. The highest BCUT2D eigenvalue weighted by Crippen LogP contribution is 2.27. The summed E-state index contributed by atoms with van der Waals surface area (Å²) < 4.78 is 0. The van der Waals surface area contributed by atoms with Crippen LogP contribution in [0, 0.1) is 6.92 Å². The highest BCUT2D eigenvalue weighted by Gasteiger charge is 2.23. The number of hydrogen-bond donors (Lipinski definition) is 2. The van der Waals surface area contributed by atoms with E-state index >= 15 is 0 Å². The predicted octanol–water partition coefficient (Wildman–Crippen LogP) is 2.69. The van der Waals surface area contributed by atoms with Crippen LogP contribution in [0.25, 0.3) is 22.6 Å². The first-order valence-corrected chi connectivity index (χ1v) is 9.02. The standard InChI is InChI=1S/C19H25N7.H2/c1-12-6-7-14-15(9-12)23-19(22-14)17-18(20)21-10-16(24-17)26-8-4-5-13(11-26)25(2)3;/h6-7,9-10,13H,4-5,8,11H2,1-3H3,(H2,20,21)(H,22,23);1H. The fraction of sp³-hybridized carbons (Fsp3) is 0.421. The summed E-state index contributed by atoms with van der Waals surface area (Å²) in [5.74, 6) is 1.92. The molecule has 0 spiro atoms. The van der Waals surface area contributed by atoms with Gasteiger partial charge in [0.15, 0.2) is 17.3 Å². The molecule has 26 heavy (non-hydrogen) atoms. The lowest BCUT2D eigenvalue weighted by Crippen LogP contribution is -2.45. The monoisotopic (exact) mass is 353 g/mol. The van der Waals surface area contributed by atoms with Gasteiger partial charge in [0.1, 0.15) is 5.82 Å². The van der Waals surface area contributed by atoms with Crippen LogP contribution >= 0.6 is 0 Å². The first-order chi connectivity index (χ1) is 12.5. The molecule has 1 aliphatic heterocycles. The average molecular weight is 353 g/mol. The molecule has 138 valence electrons. The molecule has 0 radical (unpaired) electrons. The van der Waals surface area contributed by atoms with Crippen LogP contribution in [0.3, 0.4) is 0 Å². The molecule has 1 aromatic carbocycles. The van der Waals surface area contributed by atoms with Gasteiger partial charge in [-0.1, -0.05) is 6.07 Å². The normalized spacial score (nSPS) is 18.0. The number of fused-ring (bicyclic) bond motifs is 1. The molecule has 1 saturated heterocycles. The highest BCUT2D eigenvalue weighted by atomic mass is 15.3. The van der Waals surface area contributed by atoms with Crippen LogP contribution in [0.1, 0.15) is 19.8 Å². The van der Waals surface area contributed by atoms with Crippen LogP contribution in [0.5, 0.6) is 0 Å². The Hall–Kier alpha value is -2.67. The van der Waals surface area contributed by atoms with Crippen molar-refractivity contribution in [1.29, 1.82) is 0 Å². The molecule has 3 aromatic rings. The van der Waals surface area contributed by atoms with Crippen molar-refractivity contribution in [2.75, 3.05) is 37.8 Å². The molecule has 0 saturated carbocycles. The van der Waals surface area contributed by atoms with Gasteiger partial charge in [0.25, 0.3) is 0 Å². The first-order valence-electron chi connectivity index (χ1n) is 9.02. The minimum atomic E-state index is 0. The van der Waals surface area contributed by atoms with E-state index in [1.54, 1.807) is 6.20 Å². The summed E-state index contributed by atoms with van der Waals surface area (Å²) in [5.41, 5.74) is 9.80. The number of nitrogens with zero attached hydrogens (tertiary/aromatic N) is 5. The smallest absolute Gasteiger partial charge is 0.161 e. The molecule has 7 heteroatoms. The SMILES string of the molecule is Cc1ccc2nc(-c3nc(N4CCCC(N(C)C)C4)cnc3N)[nH]c2c1.[HH]. The number of nitrogen functional groups attached to an aromatic ring is 1. The minimum absolute atomic E-state index is 0. The highest BCUT2D eigenvalue weighted by molar-refractivity contribution is 5.81. The van der Waals surface area contributed by atoms with Gasteiger partial charge in [0.2, 0.25) is 0 Å². The Labute approximate surface area is 154 Å². The van der Waals surface area contributed by atoms with E-state index in [0.717, 1.165) is 36.4 Å². The number of aryl methyl sites for hydroxylation is 1. The topological polar surface area (TPSA) is 87.0 Å². The minimum Gasteiger partial charge on any atom is -0.382 e. The van der Waals surface area contributed by atoms with Gasteiger partial charge in [-0.25, -0.2) is 15.0 Å². The van der Waals surface area contributed by atoms with Gasteiger partial charge in [-0.2, -0.15) is 0 Å². The van der Waals surface area contributed by atoms with Gasteiger partial charge in [-0.3, -0.25) is 0 Å². The Morgan fingerprint density at radius 3 is 2.96 bits per heavy atom. The molecule has 0 aliphatic carbocycles. The lowest BCUT2D eigenvalue weighted by molar-refractivity contribution is 0.257. The van der Waals surface area contributed by atoms with Gasteiger partial charge in [-0.15, -0.1) is 0 Å². The zero-order valence-corrected chi connectivity index (χ0v) is 15.5. The maximum atomic E-state index is 6.12. The molecule has 1 unspecified atom stereocenters. The first kappa shape index (κ1) is 16.8. The van der Waals surface area contributed by atoms with Crippen molar-refractivity contribution in [3.05, 3.63) is 30.0 Å². The number of rotatable bonds is 3. The summed E-state index contributed by atoms with van der Waals surface area (Å²) in [6, 6.07) is 6.66. The van der Waals surface area contributed by atoms with Crippen molar-refractivity contribution in [3.63, 3.8) is 0 Å². The summed E-state index contributed by atoms with van der Waals surface area (Å²) in [6.45, 7) is 4.00. The van der Waals surface area contributed by atoms with Crippen molar-refractivity contribution >= 4 is 22.7 Å². The molecular formula is C19H27N7. The molecule has 4 rings (SSSR count). The Morgan fingerprint density at radius 1 is 1.31 bits per heavy atom. The zero-order chi connectivity index (χ0) is 18.3. The number of aromatic nitrogens is 4. The number of likely N-dealkylation sites (N-methyl/N-ethyl adjacent to an activating group) is 1. The van der Waals surface area contributed by atoms with Crippen LogP contribution in [-0.2, 0) is 0 Å². The van der Waals surface area contributed by atoms with Crippen molar-refractivity contribution in [3.8, 4) is 11.5 Å². The number of imidazole rings is 1. The summed E-state index contributed by atoms with van der Waals surface area (Å²) in [6.07, 6.45) is 4.12. The summed E-state index contributed by atoms with van der Waals surface area (Å²) in [4.78, 5) is 21.7. The van der Waals surface area contributed by atoms with E-state index < -0.39 is 0 Å². The summed E-state index contributed by atoms with van der Waals surface area (Å²) >= 11 is 0. The van der Waals surface area contributed by atoms with E-state index in [4.69, 9.17) is 10.7 Å². The molecule has 2 aromatic heterocycles. The molecule has 0 bridgehead atoms. The Kier molecular flexibility index (Phi) is 4.24. The van der Waals surface area contributed by atoms with Crippen molar-refractivity contribution < 1.29 is 1.43 Å². The van der Waals surface area contributed by atoms with E-state index in [1.165, 1.54) is 12.0 Å². The molecule has 3 heterocycles. The van der Waals surface area contributed by atoms with E-state index in [0.29, 0.717) is 23.4 Å². The number of nitrogens with two attached hydrogens (primary N) is 1. The van der Waals surface area contributed by atoms with E-state index in [-0.39, 0.29) is 1.43 Å². The van der Waals surface area contributed by atoms with E-state index in [2.05, 4.69) is 51.8 Å². The summed E-state index contributed by atoms with van der Waals surface area (Å²) in [7, 11) is 4.26. The van der Waals surface area contributed by atoms with E-state index in [9.17, 15) is 0 Å². The van der Waals surface area contributed by atoms with Crippen LogP contribution in [0.2, 0.25) is 0 Å². The van der Waals surface area contributed by atoms with Crippen LogP contribution in [-0.4, -0.2) is 58.1 Å². The molecule has 3 N–H and O–H groups in total. The maximum absolute atomic E-state index is 6.12. The van der Waals surface area contributed by atoms with Crippen LogP contribution < -0.4 is 10.6 Å². The quantitative estimate of drug-likeness (QED) is 0.753. The molecule has 1 atom stereocenters. The third-order valence-electron chi connectivity index (χ3n) is 5.10. The maximum Gasteiger partial charge on any atom is 0.161 e. The Morgan fingerprint density at radius 2 is 2.15 bits per heavy atom. The molecule has 1 fully saturated rings. The second-order valence-corrected chi connectivity index (χ2v) is 7.27. The fourth-order valence-corrected chi connectivity index (χ4v) is 3.54. The van der Waals surface area contributed by atoms with Crippen molar-refractivity contribution in [2.45, 2.75) is 25.8 Å². The lowest BCUT2D eigenvalue weighted by atomic mass is 10.1. The third kappa shape index (κ3) is 3.10. The number of hydrogen-bond acceptors (Lipinski definition) is 6. The molecule has 7 nitrogen and oxygen atoms in total. The lowest BCUT2D eigenvalue weighted by Gasteiger charge is -2.36. The van der Waals surface area contributed by atoms with Crippen LogP contribution in [0.15, 0.2) is 24.4 Å². The van der Waals surface area contributed by atoms with Gasteiger partial charge in [0.05, 0.1) is 17.2 Å². The molecule has 1 aliphatic rings. The fourth-order valence-electron chi connectivity index (χ4n) is 3.54. The van der Waals surface area contributed by atoms with Gasteiger partial charge in [0, 0.05) is 20.6 Å². The number of nitrogens with one attached hydrogen (secondary N) is 1. The van der Waals surface area contributed by atoms with Gasteiger partial charge >= 0.3 is 0 Å².